The Morgan fingerprint density at radius 1 is 1.35 bits per heavy atom. The van der Waals surface area contributed by atoms with Crippen molar-refractivity contribution in [3.8, 4) is 0 Å². The van der Waals surface area contributed by atoms with Crippen molar-refractivity contribution in [2.75, 3.05) is 12.3 Å². The van der Waals surface area contributed by atoms with Gasteiger partial charge in [-0.3, -0.25) is 0 Å². The summed E-state index contributed by atoms with van der Waals surface area (Å²) >= 11 is 5.51. The number of benzene rings is 1. The van der Waals surface area contributed by atoms with Crippen molar-refractivity contribution in [3.63, 3.8) is 0 Å². The topological polar surface area (TPSA) is 12.0 Å². The Labute approximate surface area is 135 Å². The van der Waals surface area contributed by atoms with Crippen LogP contribution in [0.25, 0.3) is 0 Å². The van der Waals surface area contributed by atoms with E-state index in [1.165, 1.54) is 12.5 Å². The first kappa shape index (κ1) is 18.0. The fraction of sp³-hybridized carbons (Fsp3) is 0.625. The molecule has 0 aliphatic rings. The summed E-state index contributed by atoms with van der Waals surface area (Å²) < 4.78 is 14.4. The molecule has 2 unspecified atom stereocenters. The molecule has 0 saturated heterocycles. The summed E-state index contributed by atoms with van der Waals surface area (Å²) in [6.45, 7) is 7.66. The van der Waals surface area contributed by atoms with Crippen molar-refractivity contribution in [2.45, 2.75) is 51.3 Å². The molecule has 2 atom stereocenters. The van der Waals surface area contributed by atoms with Crippen molar-refractivity contribution in [1.29, 1.82) is 0 Å². The lowest BCUT2D eigenvalue weighted by Crippen LogP contribution is -2.34. The van der Waals surface area contributed by atoms with Gasteiger partial charge in [0.15, 0.2) is 0 Å². The van der Waals surface area contributed by atoms with Crippen LogP contribution >= 0.6 is 27.7 Å². The van der Waals surface area contributed by atoms with Gasteiger partial charge in [-0.2, -0.15) is 11.8 Å². The Hall–Kier alpha value is -0.0600. The Balaban J connectivity index is 2.65. The summed E-state index contributed by atoms with van der Waals surface area (Å²) in [5, 5.41) is 4.26. The maximum atomic E-state index is 13.4. The maximum absolute atomic E-state index is 13.4. The maximum Gasteiger partial charge on any atom is 0.123 e. The molecule has 1 aromatic carbocycles. The standard InChI is InChI=1S/C16H25BrFNS/c1-4-8-19-15(11-20-12(3)5-2)10-13-9-14(18)6-7-16(13)17/h6-7,9,12,15,19H,4-5,8,10-11H2,1-3H3. The third kappa shape index (κ3) is 6.59. The number of hydrogen-bond acceptors (Lipinski definition) is 2. The van der Waals surface area contributed by atoms with Gasteiger partial charge in [0.25, 0.3) is 0 Å². The second kappa shape index (κ2) is 9.80. The molecule has 1 aromatic rings. The van der Waals surface area contributed by atoms with Gasteiger partial charge >= 0.3 is 0 Å². The second-order valence-corrected chi connectivity index (χ2v) is 7.47. The van der Waals surface area contributed by atoms with E-state index in [1.807, 2.05) is 11.8 Å². The molecule has 0 aliphatic carbocycles. The molecule has 114 valence electrons. The summed E-state index contributed by atoms with van der Waals surface area (Å²) in [5.41, 5.74) is 1.04. The van der Waals surface area contributed by atoms with E-state index in [2.05, 4.69) is 42.0 Å². The zero-order valence-electron chi connectivity index (χ0n) is 12.6. The van der Waals surface area contributed by atoms with E-state index in [-0.39, 0.29) is 5.82 Å². The number of thioether (sulfide) groups is 1. The van der Waals surface area contributed by atoms with Gasteiger partial charge in [-0.1, -0.05) is 36.7 Å². The summed E-state index contributed by atoms with van der Waals surface area (Å²) in [4.78, 5) is 0. The molecule has 0 bridgehead atoms. The Kier molecular flexibility index (Phi) is 8.82. The minimum Gasteiger partial charge on any atom is -0.313 e. The third-order valence-corrected chi connectivity index (χ3v) is 5.58. The third-order valence-electron chi connectivity index (χ3n) is 3.31. The number of rotatable bonds is 9. The Morgan fingerprint density at radius 3 is 2.75 bits per heavy atom. The highest BCUT2D eigenvalue weighted by Crippen LogP contribution is 2.22. The van der Waals surface area contributed by atoms with Crippen LogP contribution in [0.3, 0.4) is 0 Å². The van der Waals surface area contributed by atoms with Crippen LogP contribution < -0.4 is 5.32 Å². The summed E-state index contributed by atoms with van der Waals surface area (Å²) in [6, 6.07) is 5.32. The van der Waals surface area contributed by atoms with Crippen LogP contribution in [0.4, 0.5) is 4.39 Å². The molecular formula is C16H25BrFNS. The molecule has 1 nitrogen and oxygen atoms in total. The van der Waals surface area contributed by atoms with Gasteiger partial charge < -0.3 is 5.32 Å². The first-order valence-electron chi connectivity index (χ1n) is 7.35. The zero-order chi connectivity index (χ0) is 15.0. The average molecular weight is 362 g/mol. The van der Waals surface area contributed by atoms with E-state index in [4.69, 9.17) is 0 Å². The summed E-state index contributed by atoms with van der Waals surface area (Å²) in [5.74, 6) is 0.907. The first-order chi connectivity index (χ1) is 9.56. The highest BCUT2D eigenvalue weighted by molar-refractivity contribution is 9.10. The van der Waals surface area contributed by atoms with Crippen LogP contribution in [0.15, 0.2) is 22.7 Å². The molecule has 1 N–H and O–H groups in total. The summed E-state index contributed by atoms with van der Waals surface area (Å²) in [7, 11) is 0. The van der Waals surface area contributed by atoms with Gasteiger partial charge in [0.2, 0.25) is 0 Å². The van der Waals surface area contributed by atoms with Crippen LogP contribution in [-0.4, -0.2) is 23.6 Å². The zero-order valence-corrected chi connectivity index (χ0v) is 15.0. The predicted molar refractivity (Wildman–Crippen MR) is 92.1 cm³/mol. The van der Waals surface area contributed by atoms with Crippen LogP contribution in [0.2, 0.25) is 0 Å². The monoisotopic (exact) mass is 361 g/mol. The fourth-order valence-corrected chi connectivity index (χ4v) is 3.34. The highest BCUT2D eigenvalue weighted by atomic mass is 79.9. The molecular weight excluding hydrogens is 337 g/mol. The van der Waals surface area contributed by atoms with Crippen molar-refractivity contribution < 1.29 is 4.39 Å². The normalized spacial score (nSPS) is 14.2. The molecule has 0 spiro atoms. The van der Waals surface area contributed by atoms with Crippen molar-refractivity contribution >= 4 is 27.7 Å². The van der Waals surface area contributed by atoms with Gasteiger partial charge in [0, 0.05) is 21.5 Å². The van der Waals surface area contributed by atoms with Gasteiger partial charge in [-0.15, -0.1) is 0 Å². The molecule has 0 fully saturated rings. The van der Waals surface area contributed by atoms with Crippen molar-refractivity contribution in [2.24, 2.45) is 0 Å². The second-order valence-electron chi connectivity index (χ2n) is 5.14. The molecule has 0 aromatic heterocycles. The van der Waals surface area contributed by atoms with E-state index in [9.17, 15) is 4.39 Å². The molecule has 0 radical (unpaired) electrons. The molecule has 20 heavy (non-hydrogen) atoms. The molecule has 0 aliphatic heterocycles. The minimum atomic E-state index is -0.160. The lowest BCUT2D eigenvalue weighted by Gasteiger charge is -2.20. The Morgan fingerprint density at radius 2 is 2.10 bits per heavy atom. The van der Waals surface area contributed by atoms with Gasteiger partial charge in [0.1, 0.15) is 5.82 Å². The average Bonchev–Trinajstić information content (AvgIpc) is 2.45. The van der Waals surface area contributed by atoms with Crippen molar-refractivity contribution in [1.82, 2.24) is 5.32 Å². The fourth-order valence-electron chi connectivity index (χ4n) is 1.90. The van der Waals surface area contributed by atoms with E-state index >= 15 is 0 Å². The predicted octanol–water partition coefficient (Wildman–Crippen LogP) is 5.03. The van der Waals surface area contributed by atoms with Crippen LogP contribution in [-0.2, 0) is 6.42 Å². The SMILES string of the molecule is CCCNC(CSC(C)CC)Cc1cc(F)ccc1Br. The van der Waals surface area contributed by atoms with E-state index in [0.29, 0.717) is 11.3 Å². The van der Waals surface area contributed by atoms with Gasteiger partial charge in [0.05, 0.1) is 0 Å². The van der Waals surface area contributed by atoms with E-state index < -0.39 is 0 Å². The van der Waals surface area contributed by atoms with E-state index in [0.717, 1.165) is 35.2 Å². The lowest BCUT2D eigenvalue weighted by molar-refractivity contribution is 0.546. The van der Waals surface area contributed by atoms with Gasteiger partial charge in [-0.25, -0.2) is 4.39 Å². The Bertz CT molecular complexity index is 400. The molecule has 0 amide bonds. The highest BCUT2D eigenvalue weighted by Gasteiger charge is 2.13. The molecule has 1 rings (SSSR count). The van der Waals surface area contributed by atoms with Crippen LogP contribution in [0.1, 0.15) is 39.2 Å². The van der Waals surface area contributed by atoms with Crippen LogP contribution in [0.5, 0.6) is 0 Å². The minimum absolute atomic E-state index is 0.160. The number of nitrogens with one attached hydrogen (secondary N) is 1. The van der Waals surface area contributed by atoms with Crippen LogP contribution in [0, 0.1) is 5.82 Å². The van der Waals surface area contributed by atoms with Gasteiger partial charge in [-0.05, 0) is 49.6 Å². The largest absolute Gasteiger partial charge is 0.313 e. The first-order valence-corrected chi connectivity index (χ1v) is 9.19. The number of halogens is 2. The molecule has 0 heterocycles. The lowest BCUT2D eigenvalue weighted by atomic mass is 10.1. The quantitative estimate of drug-likeness (QED) is 0.661. The summed E-state index contributed by atoms with van der Waals surface area (Å²) in [6.07, 6.45) is 3.17. The van der Waals surface area contributed by atoms with Crippen molar-refractivity contribution in [3.05, 3.63) is 34.1 Å². The van der Waals surface area contributed by atoms with E-state index in [1.54, 1.807) is 12.1 Å². The molecule has 0 saturated carbocycles. The number of hydrogen-bond donors (Lipinski definition) is 1. The molecule has 4 heteroatoms. The smallest absolute Gasteiger partial charge is 0.123 e.